The highest BCUT2D eigenvalue weighted by Gasteiger charge is 2.29. The molecule has 7 heteroatoms. The molecule has 0 bridgehead atoms. The maximum atomic E-state index is 13.0. The van der Waals surface area contributed by atoms with Gasteiger partial charge < -0.3 is 15.2 Å². The summed E-state index contributed by atoms with van der Waals surface area (Å²) in [5.74, 6) is 6.80. The lowest BCUT2D eigenvalue weighted by molar-refractivity contribution is -0.122. The van der Waals surface area contributed by atoms with Gasteiger partial charge >= 0.3 is 0 Å². The van der Waals surface area contributed by atoms with Crippen LogP contribution in [0, 0.1) is 11.8 Å². The number of aliphatic hydroxyl groups excluding tert-OH is 1. The normalized spacial score (nSPS) is 16.1. The maximum Gasteiger partial charge on any atom is 0.241 e. The van der Waals surface area contributed by atoms with Gasteiger partial charge in [0.15, 0.2) is 0 Å². The van der Waals surface area contributed by atoms with Gasteiger partial charge in [-0.1, -0.05) is 36.5 Å². The number of piperidine rings is 1. The minimum absolute atomic E-state index is 0.0138. The van der Waals surface area contributed by atoms with E-state index in [1.165, 1.54) is 0 Å². The molecule has 164 valence electrons. The molecule has 1 aliphatic heterocycles. The van der Waals surface area contributed by atoms with Crippen molar-refractivity contribution >= 4 is 22.9 Å². The third-order valence-corrected chi connectivity index (χ3v) is 6.18. The van der Waals surface area contributed by atoms with Crippen LogP contribution in [0.5, 0.6) is 11.6 Å². The predicted molar refractivity (Wildman–Crippen MR) is 126 cm³/mol. The highest BCUT2D eigenvalue weighted by Crippen LogP contribution is 2.25. The number of hydrogen-bond acceptors (Lipinski definition) is 6. The standard InChI is InChI=1S/C25H25N3O3S/c29-16-6-9-21-12-13-22(32-21)18-28-15-5-4-10-23(28)25(30)27-19-11-14-24(26-17-19)31-20-7-2-1-3-8-20/h1-3,7-8,11-14,17,23,29H,4-5,10,15-16,18H2,(H,27,30)/t23-/m1/s1. The number of aromatic nitrogens is 1. The summed E-state index contributed by atoms with van der Waals surface area (Å²) in [5.41, 5.74) is 0.652. The molecule has 1 aliphatic rings. The first-order valence-electron chi connectivity index (χ1n) is 10.6. The summed E-state index contributed by atoms with van der Waals surface area (Å²) in [7, 11) is 0. The number of carbonyl (C=O) groups is 1. The van der Waals surface area contributed by atoms with Gasteiger partial charge in [-0.25, -0.2) is 4.98 Å². The smallest absolute Gasteiger partial charge is 0.241 e. The maximum absolute atomic E-state index is 13.0. The average molecular weight is 448 g/mol. The number of carbonyl (C=O) groups excluding carboxylic acids is 1. The van der Waals surface area contributed by atoms with E-state index < -0.39 is 0 Å². The van der Waals surface area contributed by atoms with Crippen molar-refractivity contribution < 1.29 is 14.6 Å². The van der Waals surface area contributed by atoms with E-state index in [0.717, 1.165) is 35.6 Å². The molecule has 1 aromatic carbocycles. The van der Waals surface area contributed by atoms with E-state index in [0.29, 0.717) is 23.9 Å². The number of anilines is 1. The third-order valence-electron chi connectivity index (χ3n) is 5.20. The molecule has 1 saturated heterocycles. The number of thiophene rings is 1. The fourth-order valence-electron chi connectivity index (χ4n) is 3.68. The summed E-state index contributed by atoms with van der Waals surface area (Å²) >= 11 is 1.60. The summed E-state index contributed by atoms with van der Waals surface area (Å²) in [6.45, 7) is 1.46. The lowest BCUT2D eigenvalue weighted by Crippen LogP contribution is -2.46. The number of hydrogen-bond donors (Lipinski definition) is 2. The second kappa shape index (κ2) is 10.9. The van der Waals surface area contributed by atoms with E-state index >= 15 is 0 Å². The molecule has 32 heavy (non-hydrogen) atoms. The minimum atomic E-state index is -0.182. The van der Waals surface area contributed by atoms with Crippen molar-refractivity contribution in [3.05, 3.63) is 70.5 Å². The van der Waals surface area contributed by atoms with Gasteiger partial charge in [0, 0.05) is 17.5 Å². The van der Waals surface area contributed by atoms with Gasteiger partial charge in [-0.2, -0.15) is 0 Å². The molecule has 2 aromatic heterocycles. The molecule has 2 N–H and O–H groups in total. The Kier molecular flexibility index (Phi) is 7.51. The van der Waals surface area contributed by atoms with Crippen molar-refractivity contribution in [2.45, 2.75) is 31.8 Å². The highest BCUT2D eigenvalue weighted by molar-refractivity contribution is 7.12. The van der Waals surface area contributed by atoms with Gasteiger partial charge in [0.2, 0.25) is 11.8 Å². The fraction of sp³-hybridized carbons (Fsp3) is 0.280. The van der Waals surface area contributed by atoms with Gasteiger partial charge in [0.1, 0.15) is 12.4 Å². The van der Waals surface area contributed by atoms with Crippen LogP contribution >= 0.6 is 11.3 Å². The molecule has 1 amide bonds. The van der Waals surface area contributed by atoms with Gasteiger partial charge in [0.05, 0.1) is 22.8 Å². The van der Waals surface area contributed by atoms with Crippen LogP contribution in [0.25, 0.3) is 0 Å². The molecular formula is C25H25N3O3S. The lowest BCUT2D eigenvalue weighted by Gasteiger charge is -2.34. The second-order valence-corrected chi connectivity index (χ2v) is 8.67. The topological polar surface area (TPSA) is 74.7 Å². The molecule has 0 saturated carbocycles. The number of nitrogens with one attached hydrogen (secondary N) is 1. The van der Waals surface area contributed by atoms with Crippen LogP contribution in [0.15, 0.2) is 60.8 Å². The number of amides is 1. The van der Waals surface area contributed by atoms with E-state index in [9.17, 15) is 4.79 Å². The highest BCUT2D eigenvalue weighted by atomic mass is 32.1. The molecule has 0 radical (unpaired) electrons. The molecule has 3 aromatic rings. The molecular weight excluding hydrogens is 422 g/mol. The van der Waals surface area contributed by atoms with Crippen LogP contribution in [0.1, 0.15) is 29.0 Å². The first kappa shape index (κ1) is 22.0. The van der Waals surface area contributed by atoms with Crippen LogP contribution in [0.3, 0.4) is 0 Å². The molecule has 1 atom stereocenters. The van der Waals surface area contributed by atoms with Crippen LogP contribution in [-0.2, 0) is 11.3 Å². The summed E-state index contributed by atoms with van der Waals surface area (Å²) < 4.78 is 5.71. The Morgan fingerprint density at radius 1 is 1.19 bits per heavy atom. The van der Waals surface area contributed by atoms with Crippen LogP contribution < -0.4 is 10.1 Å². The Morgan fingerprint density at radius 3 is 2.84 bits per heavy atom. The fourth-order valence-corrected chi connectivity index (χ4v) is 4.59. The predicted octanol–water partition coefficient (Wildman–Crippen LogP) is 4.27. The van der Waals surface area contributed by atoms with E-state index in [4.69, 9.17) is 9.84 Å². The zero-order valence-corrected chi connectivity index (χ0v) is 18.5. The van der Waals surface area contributed by atoms with Crippen molar-refractivity contribution in [2.24, 2.45) is 0 Å². The Labute approximate surface area is 191 Å². The van der Waals surface area contributed by atoms with Crippen LogP contribution in [-0.4, -0.2) is 40.1 Å². The SMILES string of the molecule is O=C(Nc1ccc(Oc2ccccc2)nc1)[C@H]1CCCCN1Cc1ccc(C#CCO)s1. The van der Waals surface area contributed by atoms with E-state index in [1.807, 2.05) is 48.5 Å². The van der Waals surface area contributed by atoms with Crippen molar-refractivity contribution in [3.63, 3.8) is 0 Å². The van der Waals surface area contributed by atoms with E-state index in [2.05, 4.69) is 27.0 Å². The third kappa shape index (κ3) is 5.95. The zero-order valence-electron chi connectivity index (χ0n) is 17.7. The van der Waals surface area contributed by atoms with Crippen molar-refractivity contribution in [1.29, 1.82) is 0 Å². The molecule has 0 spiro atoms. The largest absolute Gasteiger partial charge is 0.439 e. The number of benzene rings is 1. The lowest BCUT2D eigenvalue weighted by atomic mass is 10.0. The Hall–Kier alpha value is -3.18. The van der Waals surface area contributed by atoms with Gasteiger partial charge in [-0.3, -0.25) is 9.69 Å². The summed E-state index contributed by atoms with van der Waals surface area (Å²) in [4.78, 5) is 21.7. The van der Waals surface area contributed by atoms with Crippen molar-refractivity contribution in [2.75, 3.05) is 18.5 Å². The van der Waals surface area contributed by atoms with Crippen molar-refractivity contribution in [1.82, 2.24) is 9.88 Å². The van der Waals surface area contributed by atoms with E-state index in [1.54, 1.807) is 23.6 Å². The average Bonchev–Trinajstić information content (AvgIpc) is 3.27. The quantitative estimate of drug-likeness (QED) is 0.552. The summed E-state index contributed by atoms with van der Waals surface area (Å²) in [6.07, 6.45) is 4.57. The first-order valence-corrected chi connectivity index (χ1v) is 11.5. The minimum Gasteiger partial charge on any atom is -0.439 e. The van der Waals surface area contributed by atoms with Crippen molar-refractivity contribution in [3.8, 4) is 23.5 Å². The molecule has 3 heterocycles. The zero-order chi connectivity index (χ0) is 22.2. The number of pyridine rings is 1. The second-order valence-electron chi connectivity index (χ2n) is 7.50. The molecule has 0 aliphatic carbocycles. The van der Waals surface area contributed by atoms with Gasteiger partial charge in [0.25, 0.3) is 0 Å². The number of likely N-dealkylation sites (tertiary alicyclic amines) is 1. The number of ether oxygens (including phenoxy) is 1. The Balaban J connectivity index is 1.37. The Bertz CT molecular complexity index is 1090. The number of para-hydroxylation sites is 1. The van der Waals surface area contributed by atoms with Gasteiger partial charge in [-0.05, 0) is 49.7 Å². The molecule has 6 nitrogen and oxygen atoms in total. The first-order chi connectivity index (χ1) is 15.7. The van der Waals surface area contributed by atoms with Crippen LogP contribution in [0.4, 0.5) is 5.69 Å². The summed E-state index contributed by atoms with van der Waals surface area (Å²) in [5, 5.41) is 11.9. The molecule has 4 rings (SSSR count). The van der Waals surface area contributed by atoms with Crippen LogP contribution in [0.2, 0.25) is 0 Å². The monoisotopic (exact) mass is 447 g/mol. The number of aliphatic hydroxyl groups is 1. The molecule has 1 fully saturated rings. The van der Waals surface area contributed by atoms with E-state index in [-0.39, 0.29) is 18.6 Å². The van der Waals surface area contributed by atoms with Gasteiger partial charge in [-0.15, -0.1) is 11.3 Å². The summed E-state index contributed by atoms with van der Waals surface area (Å²) in [6, 6.07) is 16.9. The number of nitrogens with zero attached hydrogens (tertiary/aromatic N) is 2. The Morgan fingerprint density at radius 2 is 2.06 bits per heavy atom. The molecule has 0 unspecified atom stereocenters. The number of rotatable bonds is 6.